The zero-order valence-corrected chi connectivity index (χ0v) is 10.7. The van der Waals surface area contributed by atoms with Crippen molar-refractivity contribution >= 4 is 17.4 Å². The molecule has 1 aromatic rings. The van der Waals surface area contributed by atoms with Gasteiger partial charge in [0.05, 0.1) is 19.4 Å². The summed E-state index contributed by atoms with van der Waals surface area (Å²) >= 11 is 5.90. The molecule has 0 fully saturated rings. The molecule has 0 saturated carbocycles. The number of rotatable bonds is 9. The SMILES string of the molecule is COCCOCCCCNc1ncncc1Cl. The van der Waals surface area contributed by atoms with Gasteiger partial charge in [-0.05, 0) is 12.8 Å². The molecule has 1 N–H and O–H groups in total. The fraction of sp³-hybridized carbons (Fsp3) is 0.636. The first-order chi connectivity index (χ1) is 8.34. The van der Waals surface area contributed by atoms with Crippen LogP contribution in [-0.4, -0.2) is 43.4 Å². The Hall–Kier alpha value is -0.910. The van der Waals surface area contributed by atoms with E-state index in [1.165, 1.54) is 6.33 Å². The van der Waals surface area contributed by atoms with E-state index in [1.54, 1.807) is 13.3 Å². The maximum absolute atomic E-state index is 5.90. The molecular formula is C11H18ClN3O2. The lowest BCUT2D eigenvalue weighted by atomic mass is 10.3. The number of aromatic nitrogens is 2. The minimum absolute atomic E-state index is 0.545. The van der Waals surface area contributed by atoms with Gasteiger partial charge in [-0.2, -0.15) is 0 Å². The first-order valence-electron chi connectivity index (χ1n) is 5.60. The molecule has 6 heteroatoms. The van der Waals surface area contributed by atoms with E-state index in [9.17, 15) is 0 Å². The van der Waals surface area contributed by atoms with Gasteiger partial charge in [0.2, 0.25) is 0 Å². The third kappa shape index (κ3) is 6.41. The number of methoxy groups -OCH3 is 1. The molecule has 17 heavy (non-hydrogen) atoms. The van der Waals surface area contributed by atoms with Gasteiger partial charge in [-0.1, -0.05) is 11.6 Å². The summed E-state index contributed by atoms with van der Waals surface area (Å²) in [4.78, 5) is 7.85. The first-order valence-corrected chi connectivity index (χ1v) is 5.98. The van der Waals surface area contributed by atoms with Crippen LogP contribution in [0.25, 0.3) is 0 Å². The molecular weight excluding hydrogens is 242 g/mol. The van der Waals surface area contributed by atoms with Gasteiger partial charge in [0, 0.05) is 20.3 Å². The molecule has 0 amide bonds. The van der Waals surface area contributed by atoms with Gasteiger partial charge in [0.15, 0.2) is 0 Å². The highest BCUT2D eigenvalue weighted by molar-refractivity contribution is 6.32. The number of hydrogen-bond donors (Lipinski definition) is 1. The standard InChI is InChI=1S/C11H18ClN3O2/c1-16-6-7-17-5-3-2-4-14-11-10(12)8-13-9-15-11/h8-9H,2-7H2,1H3,(H,13,14,15). The van der Waals surface area contributed by atoms with Crippen molar-refractivity contribution in [3.8, 4) is 0 Å². The molecule has 5 nitrogen and oxygen atoms in total. The number of hydrogen-bond acceptors (Lipinski definition) is 5. The van der Waals surface area contributed by atoms with Crippen LogP contribution in [0, 0.1) is 0 Å². The lowest BCUT2D eigenvalue weighted by Crippen LogP contribution is -2.07. The number of anilines is 1. The van der Waals surface area contributed by atoms with Gasteiger partial charge in [0.25, 0.3) is 0 Å². The average Bonchev–Trinajstić information content (AvgIpc) is 2.35. The van der Waals surface area contributed by atoms with Crippen molar-refractivity contribution in [2.75, 3.05) is 38.8 Å². The van der Waals surface area contributed by atoms with E-state index < -0.39 is 0 Å². The highest BCUT2D eigenvalue weighted by atomic mass is 35.5. The zero-order valence-electron chi connectivity index (χ0n) is 9.99. The van der Waals surface area contributed by atoms with Crippen molar-refractivity contribution in [3.05, 3.63) is 17.5 Å². The Balaban J connectivity index is 1.99. The van der Waals surface area contributed by atoms with Crippen LogP contribution in [0.1, 0.15) is 12.8 Å². The first kappa shape index (κ1) is 14.2. The fourth-order valence-electron chi connectivity index (χ4n) is 1.22. The van der Waals surface area contributed by atoms with Crippen LogP contribution >= 0.6 is 11.6 Å². The topological polar surface area (TPSA) is 56.3 Å². The van der Waals surface area contributed by atoms with Crippen molar-refractivity contribution in [2.24, 2.45) is 0 Å². The molecule has 1 rings (SSSR count). The lowest BCUT2D eigenvalue weighted by molar-refractivity contribution is 0.0691. The summed E-state index contributed by atoms with van der Waals surface area (Å²) in [6.45, 7) is 2.88. The number of nitrogens with one attached hydrogen (secondary N) is 1. The van der Waals surface area contributed by atoms with Gasteiger partial charge in [-0.3, -0.25) is 0 Å². The maximum Gasteiger partial charge on any atom is 0.148 e. The maximum atomic E-state index is 5.90. The highest BCUT2D eigenvalue weighted by Gasteiger charge is 1.99. The van der Waals surface area contributed by atoms with Crippen LogP contribution in [0.5, 0.6) is 0 Å². The van der Waals surface area contributed by atoms with Crippen molar-refractivity contribution in [1.29, 1.82) is 0 Å². The molecule has 0 saturated heterocycles. The molecule has 96 valence electrons. The Morgan fingerprint density at radius 1 is 1.29 bits per heavy atom. The Labute approximate surface area is 107 Å². The van der Waals surface area contributed by atoms with E-state index in [4.69, 9.17) is 21.1 Å². The molecule has 0 aliphatic rings. The van der Waals surface area contributed by atoms with E-state index in [0.717, 1.165) is 26.0 Å². The quantitative estimate of drug-likeness (QED) is 0.688. The highest BCUT2D eigenvalue weighted by Crippen LogP contribution is 2.15. The van der Waals surface area contributed by atoms with Crippen LogP contribution in [0.2, 0.25) is 5.02 Å². The van der Waals surface area contributed by atoms with Gasteiger partial charge in [-0.25, -0.2) is 9.97 Å². The van der Waals surface area contributed by atoms with Crippen molar-refractivity contribution in [2.45, 2.75) is 12.8 Å². The minimum Gasteiger partial charge on any atom is -0.382 e. The summed E-state index contributed by atoms with van der Waals surface area (Å²) in [7, 11) is 1.67. The third-order valence-corrected chi connectivity index (χ3v) is 2.38. The largest absolute Gasteiger partial charge is 0.382 e. The van der Waals surface area contributed by atoms with Gasteiger partial charge in [0.1, 0.15) is 17.2 Å². The molecule has 0 bridgehead atoms. The van der Waals surface area contributed by atoms with Crippen LogP contribution < -0.4 is 5.32 Å². The monoisotopic (exact) mass is 259 g/mol. The van der Waals surface area contributed by atoms with Crippen molar-refractivity contribution in [3.63, 3.8) is 0 Å². The molecule has 0 aliphatic carbocycles. The summed E-state index contributed by atoms with van der Waals surface area (Å²) in [5.41, 5.74) is 0. The van der Waals surface area contributed by atoms with E-state index in [0.29, 0.717) is 24.1 Å². The third-order valence-electron chi connectivity index (χ3n) is 2.11. The smallest absolute Gasteiger partial charge is 0.148 e. The molecule has 1 aromatic heterocycles. The van der Waals surface area contributed by atoms with E-state index in [-0.39, 0.29) is 0 Å². The number of halogens is 1. The van der Waals surface area contributed by atoms with Crippen LogP contribution in [0.4, 0.5) is 5.82 Å². The van der Waals surface area contributed by atoms with E-state index in [1.807, 2.05) is 0 Å². The molecule has 0 radical (unpaired) electrons. The summed E-state index contributed by atoms with van der Waals surface area (Å²) in [5, 5.41) is 3.70. The van der Waals surface area contributed by atoms with E-state index >= 15 is 0 Å². The number of ether oxygens (including phenoxy) is 2. The molecule has 0 atom stereocenters. The zero-order chi connectivity index (χ0) is 12.3. The summed E-state index contributed by atoms with van der Waals surface area (Å²) in [5.74, 6) is 0.682. The van der Waals surface area contributed by atoms with Gasteiger partial charge in [-0.15, -0.1) is 0 Å². The van der Waals surface area contributed by atoms with Crippen LogP contribution in [0.15, 0.2) is 12.5 Å². The average molecular weight is 260 g/mol. The normalized spacial score (nSPS) is 10.5. The Kier molecular flexibility index (Phi) is 7.62. The fourth-order valence-corrected chi connectivity index (χ4v) is 1.39. The second-order valence-corrected chi connectivity index (χ2v) is 3.87. The second-order valence-electron chi connectivity index (χ2n) is 3.46. The van der Waals surface area contributed by atoms with Crippen molar-refractivity contribution < 1.29 is 9.47 Å². The Morgan fingerprint density at radius 2 is 2.18 bits per heavy atom. The number of nitrogens with zero attached hydrogens (tertiary/aromatic N) is 2. The van der Waals surface area contributed by atoms with Crippen molar-refractivity contribution in [1.82, 2.24) is 9.97 Å². The second kappa shape index (κ2) is 9.15. The van der Waals surface area contributed by atoms with Gasteiger partial charge >= 0.3 is 0 Å². The Bertz CT molecular complexity index is 313. The molecule has 0 unspecified atom stereocenters. The summed E-state index contributed by atoms with van der Waals surface area (Å²) < 4.78 is 10.2. The Morgan fingerprint density at radius 3 is 2.94 bits per heavy atom. The minimum atomic E-state index is 0.545. The molecule has 0 aliphatic heterocycles. The summed E-state index contributed by atoms with van der Waals surface area (Å²) in [6.07, 6.45) is 5.06. The number of unbranched alkanes of at least 4 members (excludes halogenated alkanes) is 1. The van der Waals surface area contributed by atoms with E-state index in [2.05, 4.69) is 15.3 Å². The summed E-state index contributed by atoms with van der Waals surface area (Å²) in [6, 6.07) is 0. The van der Waals surface area contributed by atoms with Gasteiger partial charge < -0.3 is 14.8 Å². The lowest BCUT2D eigenvalue weighted by Gasteiger charge is -2.06. The molecule has 0 aromatic carbocycles. The van der Waals surface area contributed by atoms with Crippen LogP contribution in [0.3, 0.4) is 0 Å². The molecule has 1 heterocycles. The van der Waals surface area contributed by atoms with Crippen LogP contribution in [-0.2, 0) is 9.47 Å². The predicted molar refractivity (Wildman–Crippen MR) is 67.5 cm³/mol. The molecule has 0 spiro atoms. The predicted octanol–water partition coefficient (Wildman–Crippen LogP) is 1.99.